The van der Waals surface area contributed by atoms with Gasteiger partial charge in [-0.05, 0) is 50.3 Å². The Kier molecular flexibility index (Phi) is 13.7. The minimum absolute atomic E-state index is 0.169. The Bertz CT molecular complexity index is 550. The van der Waals surface area contributed by atoms with Crippen LogP contribution in [0.2, 0.25) is 0 Å². The Morgan fingerprint density at radius 2 is 1.62 bits per heavy atom. The van der Waals surface area contributed by atoms with Crippen molar-refractivity contribution < 1.29 is 4.39 Å². The topological polar surface area (TPSA) is 38.4 Å². The molecule has 0 spiro atoms. The third-order valence-electron chi connectivity index (χ3n) is 3.63. The summed E-state index contributed by atoms with van der Waals surface area (Å²) in [5, 5.41) is 0. The van der Waals surface area contributed by atoms with Crippen molar-refractivity contribution >= 4 is 11.3 Å². The molecule has 2 nitrogen and oxygen atoms in total. The van der Waals surface area contributed by atoms with Gasteiger partial charge in [-0.15, -0.1) is 12.8 Å². The second kappa shape index (κ2) is 13.5. The fourth-order valence-electron chi connectivity index (χ4n) is 2.73. The van der Waals surface area contributed by atoms with Gasteiger partial charge in [-0.3, -0.25) is 4.99 Å². The average Bonchev–Trinajstić information content (AvgIpc) is 2.58. The molecular weight excluding hydrogens is 299 g/mol. The number of allylic oxidation sites excluding steroid dienone is 2. The highest BCUT2D eigenvalue weighted by Gasteiger charge is 2.17. The van der Waals surface area contributed by atoms with Crippen molar-refractivity contribution in [2.45, 2.75) is 47.0 Å². The molecule has 24 heavy (non-hydrogen) atoms. The van der Waals surface area contributed by atoms with Gasteiger partial charge in [0.1, 0.15) is 5.83 Å². The monoisotopic (exact) mass is 332 g/mol. The molecule has 1 aromatic rings. The predicted octanol–water partition coefficient (Wildman–Crippen LogP) is 5.45. The van der Waals surface area contributed by atoms with Crippen molar-refractivity contribution in [2.75, 3.05) is 14.1 Å². The molecule has 1 rings (SSSR count). The van der Waals surface area contributed by atoms with E-state index in [-0.39, 0.29) is 5.83 Å². The molecule has 0 bridgehead atoms. The summed E-state index contributed by atoms with van der Waals surface area (Å²) in [6, 6.07) is 8.10. The molecule has 1 unspecified atom stereocenters. The number of terminal acetylenes is 1. The molecule has 0 amide bonds. The van der Waals surface area contributed by atoms with Gasteiger partial charge in [0.25, 0.3) is 0 Å². The smallest absolute Gasteiger partial charge is 0.106 e. The van der Waals surface area contributed by atoms with Crippen LogP contribution in [0.15, 0.2) is 35.1 Å². The maximum absolute atomic E-state index is 14.0. The van der Waals surface area contributed by atoms with E-state index in [9.17, 15) is 4.39 Å². The lowest BCUT2D eigenvalue weighted by Crippen LogP contribution is -2.06. The van der Waals surface area contributed by atoms with Gasteiger partial charge >= 0.3 is 0 Å². The fourth-order valence-corrected chi connectivity index (χ4v) is 2.73. The van der Waals surface area contributed by atoms with E-state index in [2.05, 4.69) is 50.4 Å². The minimum Gasteiger partial charge on any atom is -0.333 e. The number of aliphatic imine (C=N–C) groups is 1. The maximum Gasteiger partial charge on any atom is 0.106 e. The molecule has 0 aliphatic heterocycles. The summed E-state index contributed by atoms with van der Waals surface area (Å²) in [7, 11) is 3.21. The second-order valence-electron chi connectivity index (χ2n) is 5.84. The molecule has 0 saturated heterocycles. The lowest BCUT2D eigenvalue weighted by Gasteiger charge is -2.20. The van der Waals surface area contributed by atoms with E-state index in [4.69, 9.17) is 0 Å². The number of rotatable bonds is 5. The quantitative estimate of drug-likeness (QED) is 0.565. The van der Waals surface area contributed by atoms with Crippen LogP contribution in [-0.4, -0.2) is 19.8 Å². The minimum atomic E-state index is -0.169. The summed E-state index contributed by atoms with van der Waals surface area (Å²) in [4.78, 5) is 4.17. The van der Waals surface area contributed by atoms with Crippen LogP contribution in [0, 0.1) is 18.8 Å². The number of nitrogens with two attached hydrogens (primary N) is 1. The van der Waals surface area contributed by atoms with Crippen LogP contribution in [0.1, 0.15) is 58.1 Å². The first-order valence-electron chi connectivity index (χ1n) is 8.19. The van der Waals surface area contributed by atoms with Crippen LogP contribution in [0.25, 0.3) is 5.57 Å². The second-order valence-corrected chi connectivity index (χ2v) is 5.84. The molecule has 0 fully saturated rings. The SMILES string of the molecule is C#C.CN.CN=C(C)/C(=C(\C)F)c1ccccc1C(C)CC(C)C. The fraction of sp³-hybridized carbons (Fsp3) is 0.476. The Balaban J connectivity index is 0. The number of nitrogens with zero attached hydrogens (tertiary/aromatic N) is 1. The van der Waals surface area contributed by atoms with Gasteiger partial charge in [0.2, 0.25) is 0 Å². The third-order valence-corrected chi connectivity index (χ3v) is 3.63. The summed E-state index contributed by atoms with van der Waals surface area (Å²) < 4.78 is 14.0. The highest BCUT2D eigenvalue weighted by molar-refractivity contribution is 6.23. The van der Waals surface area contributed by atoms with E-state index in [1.807, 2.05) is 25.1 Å². The molecular formula is C21H33FN2. The van der Waals surface area contributed by atoms with E-state index in [0.29, 0.717) is 17.4 Å². The third kappa shape index (κ3) is 7.57. The zero-order valence-corrected chi connectivity index (χ0v) is 16.2. The van der Waals surface area contributed by atoms with E-state index < -0.39 is 0 Å². The van der Waals surface area contributed by atoms with Crippen molar-refractivity contribution in [1.82, 2.24) is 0 Å². The first-order chi connectivity index (χ1) is 11.4. The van der Waals surface area contributed by atoms with E-state index >= 15 is 0 Å². The van der Waals surface area contributed by atoms with Crippen molar-refractivity contribution in [3.63, 3.8) is 0 Å². The summed E-state index contributed by atoms with van der Waals surface area (Å²) in [5.41, 5.74) is 8.06. The molecule has 0 aliphatic carbocycles. The highest BCUT2D eigenvalue weighted by atomic mass is 19.1. The standard InChI is InChI=1S/C18H26FN.C2H2.CH5N/c1-12(2)11-13(3)16-9-7-8-10-17(16)18(14(4)19)15(5)20-6;2*1-2/h7-10,12-13H,11H2,1-6H3;1-2H;2H2,1H3/b18-14-,20-15?;;. The Morgan fingerprint density at radius 1 is 1.12 bits per heavy atom. The van der Waals surface area contributed by atoms with Crippen molar-refractivity contribution in [3.8, 4) is 12.8 Å². The first kappa shape index (κ1) is 24.3. The van der Waals surface area contributed by atoms with Gasteiger partial charge < -0.3 is 5.73 Å². The van der Waals surface area contributed by atoms with Gasteiger partial charge in [0.05, 0.1) is 0 Å². The number of halogens is 1. The van der Waals surface area contributed by atoms with Crippen LogP contribution in [0.3, 0.4) is 0 Å². The number of hydrogen-bond donors (Lipinski definition) is 1. The van der Waals surface area contributed by atoms with Crippen LogP contribution in [0.4, 0.5) is 4.39 Å². The van der Waals surface area contributed by atoms with Gasteiger partial charge in [-0.1, -0.05) is 45.0 Å². The molecule has 1 aromatic carbocycles. The van der Waals surface area contributed by atoms with Gasteiger partial charge in [-0.2, -0.15) is 0 Å². The largest absolute Gasteiger partial charge is 0.333 e. The van der Waals surface area contributed by atoms with Crippen molar-refractivity contribution in [1.29, 1.82) is 0 Å². The Labute approximate surface area is 148 Å². The van der Waals surface area contributed by atoms with Gasteiger partial charge in [0.15, 0.2) is 0 Å². The Hall–Kier alpha value is -1.92. The zero-order valence-electron chi connectivity index (χ0n) is 16.2. The summed E-state index contributed by atoms with van der Waals surface area (Å²) in [5.74, 6) is 0.861. The van der Waals surface area contributed by atoms with Crippen LogP contribution < -0.4 is 5.73 Å². The number of benzene rings is 1. The molecule has 0 heterocycles. The lowest BCUT2D eigenvalue weighted by molar-refractivity contribution is 0.523. The van der Waals surface area contributed by atoms with Crippen molar-refractivity contribution in [3.05, 3.63) is 41.2 Å². The molecule has 1 atom stereocenters. The van der Waals surface area contributed by atoms with Gasteiger partial charge in [-0.25, -0.2) is 4.39 Å². The summed E-state index contributed by atoms with van der Waals surface area (Å²) in [6.45, 7) is 10.0. The van der Waals surface area contributed by atoms with Crippen molar-refractivity contribution in [2.24, 2.45) is 16.6 Å². The molecule has 0 aromatic heterocycles. The molecule has 0 aliphatic rings. The van der Waals surface area contributed by atoms with E-state index in [1.54, 1.807) is 7.05 Å². The molecule has 2 N–H and O–H groups in total. The average molecular weight is 333 g/mol. The first-order valence-corrected chi connectivity index (χ1v) is 8.19. The number of hydrogen-bond acceptors (Lipinski definition) is 2. The van der Waals surface area contributed by atoms with E-state index in [0.717, 1.165) is 17.7 Å². The molecule has 134 valence electrons. The van der Waals surface area contributed by atoms with Crippen LogP contribution >= 0.6 is 0 Å². The molecule has 3 heteroatoms. The normalized spacial score (nSPS) is 13.1. The molecule has 0 radical (unpaired) electrons. The maximum atomic E-state index is 14.0. The summed E-state index contributed by atoms with van der Waals surface area (Å²) in [6.07, 6.45) is 9.10. The predicted molar refractivity (Wildman–Crippen MR) is 107 cm³/mol. The molecule has 0 saturated carbocycles. The van der Waals surface area contributed by atoms with E-state index in [1.165, 1.54) is 19.5 Å². The van der Waals surface area contributed by atoms with Crippen LogP contribution in [-0.2, 0) is 0 Å². The Morgan fingerprint density at radius 3 is 2.04 bits per heavy atom. The zero-order chi connectivity index (χ0) is 19.3. The summed E-state index contributed by atoms with van der Waals surface area (Å²) >= 11 is 0. The van der Waals surface area contributed by atoms with Crippen LogP contribution in [0.5, 0.6) is 0 Å². The highest BCUT2D eigenvalue weighted by Crippen LogP contribution is 2.32. The lowest BCUT2D eigenvalue weighted by atomic mass is 9.85. The van der Waals surface area contributed by atoms with Gasteiger partial charge in [0, 0.05) is 18.3 Å².